The van der Waals surface area contributed by atoms with E-state index in [2.05, 4.69) is 5.32 Å². The van der Waals surface area contributed by atoms with Crippen LogP contribution in [-0.2, 0) is 0 Å². The first-order chi connectivity index (χ1) is 7.20. The summed E-state index contributed by atoms with van der Waals surface area (Å²) in [6, 6.07) is 9.38. The van der Waals surface area contributed by atoms with Crippen molar-refractivity contribution in [2.24, 2.45) is 0 Å². The standard InChI is InChI=1S/C11H14N2O2/c1-8-11(9-5-3-2-4-6-9)10(7-12-8)13(14)15/h2-6,8,10-12H,7H2,1H3. The Morgan fingerprint density at radius 1 is 1.40 bits per heavy atom. The molecule has 0 radical (unpaired) electrons. The summed E-state index contributed by atoms with van der Waals surface area (Å²) in [5.41, 5.74) is 1.05. The number of hydrogen-bond donors (Lipinski definition) is 1. The summed E-state index contributed by atoms with van der Waals surface area (Å²) in [6.45, 7) is 2.47. The predicted octanol–water partition coefficient (Wildman–Crippen LogP) is 1.41. The van der Waals surface area contributed by atoms with E-state index < -0.39 is 6.04 Å². The maximum absolute atomic E-state index is 10.9. The highest BCUT2D eigenvalue weighted by Gasteiger charge is 2.41. The Morgan fingerprint density at radius 3 is 2.67 bits per heavy atom. The molecule has 0 aliphatic carbocycles. The third-order valence-corrected chi connectivity index (χ3v) is 3.06. The fourth-order valence-electron chi connectivity index (χ4n) is 2.29. The number of nitro groups is 1. The lowest BCUT2D eigenvalue weighted by Gasteiger charge is -2.16. The van der Waals surface area contributed by atoms with Gasteiger partial charge in [0.1, 0.15) is 0 Å². The Morgan fingerprint density at radius 2 is 2.07 bits per heavy atom. The van der Waals surface area contributed by atoms with Crippen molar-refractivity contribution in [3.05, 3.63) is 46.0 Å². The summed E-state index contributed by atoms with van der Waals surface area (Å²) in [5, 5.41) is 14.1. The molecule has 1 heterocycles. The summed E-state index contributed by atoms with van der Waals surface area (Å²) in [6.07, 6.45) is 0. The van der Waals surface area contributed by atoms with Crippen LogP contribution in [0.1, 0.15) is 18.4 Å². The van der Waals surface area contributed by atoms with Gasteiger partial charge in [-0.05, 0) is 12.5 Å². The zero-order valence-electron chi connectivity index (χ0n) is 8.59. The van der Waals surface area contributed by atoms with Crippen LogP contribution in [-0.4, -0.2) is 23.6 Å². The van der Waals surface area contributed by atoms with Crippen molar-refractivity contribution in [1.29, 1.82) is 0 Å². The fraction of sp³-hybridized carbons (Fsp3) is 0.455. The van der Waals surface area contributed by atoms with E-state index in [0.29, 0.717) is 6.54 Å². The number of rotatable bonds is 2. The number of hydrogen-bond acceptors (Lipinski definition) is 3. The van der Waals surface area contributed by atoms with Gasteiger partial charge >= 0.3 is 0 Å². The van der Waals surface area contributed by atoms with Crippen molar-refractivity contribution in [1.82, 2.24) is 5.32 Å². The predicted molar refractivity (Wildman–Crippen MR) is 57.4 cm³/mol. The van der Waals surface area contributed by atoms with Crippen LogP contribution in [0.4, 0.5) is 0 Å². The lowest BCUT2D eigenvalue weighted by Crippen LogP contribution is -2.28. The Hall–Kier alpha value is -1.42. The minimum atomic E-state index is -0.498. The SMILES string of the molecule is CC1NCC([N+](=O)[O-])C1c1ccccc1. The minimum absolute atomic E-state index is 0.0128. The Labute approximate surface area is 88.5 Å². The van der Waals surface area contributed by atoms with Crippen LogP contribution >= 0.6 is 0 Å². The summed E-state index contributed by atoms with van der Waals surface area (Å²) >= 11 is 0. The van der Waals surface area contributed by atoms with Gasteiger partial charge in [0.05, 0.1) is 12.5 Å². The van der Waals surface area contributed by atoms with Crippen LogP contribution in [0.25, 0.3) is 0 Å². The van der Waals surface area contributed by atoms with Gasteiger partial charge in [0, 0.05) is 11.0 Å². The molecule has 80 valence electrons. The van der Waals surface area contributed by atoms with Crippen LogP contribution in [0.3, 0.4) is 0 Å². The molecule has 1 aromatic carbocycles. The average molecular weight is 206 g/mol. The fourth-order valence-corrected chi connectivity index (χ4v) is 2.29. The van der Waals surface area contributed by atoms with Gasteiger partial charge in [-0.15, -0.1) is 0 Å². The van der Waals surface area contributed by atoms with E-state index in [-0.39, 0.29) is 16.9 Å². The monoisotopic (exact) mass is 206 g/mol. The van der Waals surface area contributed by atoms with E-state index in [1.165, 1.54) is 0 Å². The first-order valence-corrected chi connectivity index (χ1v) is 5.12. The molecule has 4 heteroatoms. The third-order valence-electron chi connectivity index (χ3n) is 3.06. The van der Waals surface area contributed by atoms with Crippen molar-refractivity contribution >= 4 is 0 Å². The number of nitrogens with one attached hydrogen (secondary N) is 1. The van der Waals surface area contributed by atoms with Crippen molar-refractivity contribution in [3.63, 3.8) is 0 Å². The lowest BCUT2D eigenvalue weighted by atomic mass is 9.90. The van der Waals surface area contributed by atoms with Crippen molar-refractivity contribution in [2.75, 3.05) is 6.54 Å². The molecule has 3 atom stereocenters. The van der Waals surface area contributed by atoms with Crippen molar-refractivity contribution in [2.45, 2.75) is 24.9 Å². The molecule has 1 N–H and O–H groups in total. The molecule has 15 heavy (non-hydrogen) atoms. The first-order valence-electron chi connectivity index (χ1n) is 5.12. The highest BCUT2D eigenvalue weighted by Crippen LogP contribution is 2.29. The van der Waals surface area contributed by atoms with E-state index in [0.717, 1.165) is 5.56 Å². The number of nitrogens with zero attached hydrogens (tertiary/aromatic N) is 1. The Kier molecular flexibility index (Phi) is 2.68. The summed E-state index contributed by atoms with van der Waals surface area (Å²) < 4.78 is 0. The van der Waals surface area contributed by atoms with Gasteiger partial charge in [-0.2, -0.15) is 0 Å². The maximum Gasteiger partial charge on any atom is 0.233 e. The van der Waals surface area contributed by atoms with Gasteiger partial charge in [-0.25, -0.2) is 0 Å². The second kappa shape index (κ2) is 3.98. The number of benzene rings is 1. The largest absolute Gasteiger partial charge is 0.307 e. The molecule has 4 nitrogen and oxygen atoms in total. The topological polar surface area (TPSA) is 55.2 Å². The highest BCUT2D eigenvalue weighted by atomic mass is 16.6. The quantitative estimate of drug-likeness (QED) is 0.588. The smallest absolute Gasteiger partial charge is 0.233 e. The zero-order valence-corrected chi connectivity index (χ0v) is 8.59. The van der Waals surface area contributed by atoms with Gasteiger partial charge in [0.2, 0.25) is 6.04 Å². The van der Waals surface area contributed by atoms with E-state index in [1.54, 1.807) is 0 Å². The molecular formula is C11H14N2O2. The summed E-state index contributed by atoms with van der Waals surface area (Å²) in [4.78, 5) is 10.7. The second-order valence-corrected chi connectivity index (χ2v) is 3.99. The normalized spacial score (nSPS) is 30.3. The van der Waals surface area contributed by atoms with E-state index in [9.17, 15) is 10.1 Å². The van der Waals surface area contributed by atoms with Crippen LogP contribution < -0.4 is 5.32 Å². The second-order valence-electron chi connectivity index (χ2n) is 3.99. The van der Waals surface area contributed by atoms with Crippen molar-refractivity contribution < 1.29 is 4.92 Å². The van der Waals surface area contributed by atoms with Gasteiger partial charge in [0.15, 0.2) is 0 Å². The van der Waals surface area contributed by atoms with Crippen LogP contribution in [0.15, 0.2) is 30.3 Å². The molecule has 2 rings (SSSR count). The van der Waals surface area contributed by atoms with Crippen LogP contribution in [0.2, 0.25) is 0 Å². The maximum atomic E-state index is 10.9. The van der Waals surface area contributed by atoms with Gasteiger partial charge in [-0.1, -0.05) is 30.3 Å². The lowest BCUT2D eigenvalue weighted by molar-refractivity contribution is -0.520. The van der Waals surface area contributed by atoms with E-state index >= 15 is 0 Å². The molecule has 0 aromatic heterocycles. The minimum Gasteiger partial charge on any atom is -0.307 e. The zero-order chi connectivity index (χ0) is 10.8. The van der Waals surface area contributed by atoms with Gasteiger partial charge < -0.3 is 5.32 Å². The summed E-state index contributed by atoms with van der Waals surface area (Å²) in [7, 11) is 0. The molecule has 0 saturated carbocycles. The molecule has 1 saturated heterocycles. The van der Waals surface area contributed by atoms with Crippen molar-refractivity contribution in [3.8, 4) is 0 Å². The third kappa shape index (κ3) is 1.85. The molecule has 0 bridgehead atoms. The first kappa shape index (κ1) is 10.1. The molecule has 1 aliphatic rings. The molecule has 3 unspecified atom stereocenters. The molecule has 1 aliphatic heterocycles. The molecule has 0 amide bonds. The Balaban J connectivity index is 2.29. The Bertz CT molecular complexity index is 353. The molecular weight excluding hydrogens is 192 g/mol. The van der Waals surface area contributed by atoms with Gasteiger partial charge in [0.25, 0.3) is 0 Å². The van der Waals surface area contributed by atoms with Gasteiger partial charge in [-0.3, -0.25) is 10.1 Å². The molecule has 1 aromatic rings. The highest BCUT2D eigenvalue weighted by molar-refractivity contribution is 5.24. The van der Waals surface area contributed by atoms with Crippen LogP contribution in [0, 0.1) is 10.1 Å². The van der Waals surface area contributed by atoms with E-state index in [4.69, 9.17) is 0 Å². The van der Waals surface area contributed by atoms with E-state index in [1.807, 2.05) is 37.3 Å². The molecule has 1 fully saturated rings. The van der Waals surface area contributed by atoms with Crippen LogP contribution in [0.5, 0.6) is 0 Å². The summed E-state index contributed by atoms with van der Waals surface area (Å²) in [5.74, 6) is -0.0128. The molecule has 0 spiro atoms. The average Bonchev–Trinajstić information content (AvgIpc) is 2.61.